The summed E-state index contributed by atoms with van der Waals surface area (Å²) < 4.78 is 18.7. The second-order valence-electron chi connectivity index (χ2n) is 4.28. The number of benzene rings is 2. The van der Waals surface area contributed by atoms with Crippen LogP contribution in [0.3, 0.4) is 0 Å². The number of aryl methyl sites for hydroxylation is 1. The molecule has 0 aliphatic carbocycles. The molecule has 0 radical (unpaired) electrons. The number of nitro groups is 1. The Bertz CT molecular complexity index is 658. The molecule has 20 heavy (non-hydrogen) atoms. The molecular formula is C14H12FNO4. The first-order valence-electron chi connectivity index (χ1n) is 5.83. The zero-order valence-electron chi connectivity index (χ0n) is 10.7. The van der Waals surface area contributed by atoms with E-state index in [1.54, 1.807) is 13.0 Å². The Morgan fingerprint density at radius 1 is 1.30 bits per heavy atom. The lowest BCUT2D eigenvalue weighted by molar-refractivity contribution is -0.385. The van der Waals surface area contributed by atoms with E-state index in [0.29, 0.717) is 5.56 Å². The first-order valence-corrected chi connectivity index (χ1v) is 5.83. The molecule has 0 aromatic heterocycles. The average Bonchev–Trinajstić information content (AvgIpc) is 2.40. The van der Waals surface area contributed by atoms with Crippen LogP contribution in [0.15, 0.2) is 36.4 Å². The molecule has 6 heteroatoms. The van der Waals surface area contributed by atoms with Gasteiger partial charge in [0.05, 0.1) is 11.5 Å². The van der Waals surface area contributed by atoms with E-state index in [0.717, 1.165) is 17.7 Å². The van der Waals surface area contributed by atoms with Crippen LogP contribution >= 0.6 is 0 Å². The van der Waals surface area contributed by atoms with Crippen molar-refractivity contribution >= 4 is 5.69 Å². The van der Waals surface area contributed by atoms with Gasteiger partial charge in [0.15, 0.2) is 0 Å². The van der Waals surface area contributed by atoms with Gasteiger partial charge in [-0.3, -0.25) is 10.1 Å². The minimum absolute atomic E-state index is 0.0232. The molecule has 0 spiro atoms. The van der Waals surface area contributed by atoms with E-state index in [1.165, 1.54) is 18.2 Å². The van der Waals surface area contributed by atoms with Crippen LogP contribution in [-0.4, -0.2) is 10.0 Å². The Kier molecular flexibility index (Phi) is 3.95. The quantitative estimate of drug-likeness (QED) is 0.687. The molecule has 0 fully saturated rings. The minimum atomic E-state index is -0.582. The SMILES string of the molecule is Cc1ccc(Oc2cc(F)cc(CO)c2)c([N+](=O)[O-])c1. The molecule has 0 heterocycles. The van der Waals surface area contributed by atoms with Gasteiger partial charge in [-0.05, 0) is 36.2 Å². The highest BCUT2D eigenvalue weighted by atomic mass is 19.1. The number of aliphatic hydroxyl groups is 1. The third-order valence-electron chi connectivity index (χ3n) is 2.65. The largest absolute Gasteiger partial charge is 0.450 e. The van der Waals surface area contributed by atoms with Crippen molar-refractivity contribution in [1.82, 2.24) is 0 Å². The topological polar surface area (TPSA) is 72.6 Å². The van der Waals surface area contributed by atoms with Crippen molar-refractivity contribution in [2.75, 3.05) is 0 Å². The van der Waals surface area contributed by atoms with Gasteiger partial charge in [-0.2, -0.15) is 0 Å². The van der Waals surface area contributed by atoms with Gasteiger partial charge in [0.1, 0.15) is 11.6 Å². The molecule has 0 atom stereocenters. The number of ether oxygens (including phenoxy) is 1. The summed E-state index contributed by atoms with van der Waals surface area (Å²) in [7, 11) is 0. The minimum Gasteiger partial charge on any atom is -0.450 e. The van der Waals surface area contributed by atoms with E-state index < -0.39 is 10.7 Å². The fourth-order valence-corrected chi connectivity index (χ4v) is 1.75. The number of aliphatic hydroxyl groups excluding tert-OH is 1. The predicted molar refractivity (Wildman–Crippen MR) is 70.2 cm³/mol. The second kappa shape index (κ2) is 5.66. The highest BCUT2D eigenvalue weighted by Gasteiger charge is 2.16. The highest BCUT2D eigenvalue weighted by Crippen LogP contribution is 2.32. The van der Waals surface area contributed by atoms with Gasteiger partial charge in [-0.15, -0.1) is 0 Å². The number of hydrogen-bond donors (Lipinski definition) is 1. The van der Waals surface area contributed by atoms with Crippen molar-refractivity contribution in [3.63, 3.8) is 0 Å². The fourth-order valence-electron chi connectivity index (χ4n) is 1.75. The number of nitro benzene ring substituents is 1. The summed E-state index contributed by atoms with van der Waals surface area (Å²) in [5.41, 5.74) is 0.855. The molecule has 2 aromatic carbocycles. The van der Waals surface area contributed by atoms with Crippen molar-refractivity contribution in [2.24, 2.45) is 0 Å². The molecule has 0 saturated carbocycles. The van der Waals surface area contributed by atoms with E-state index in [4.69, 9.17) is 9.84 Å². The third kappa shape index (κ3) is 3.10. The molecular weight excluding hydrogens is 265 g/mol. The molecule has 0 aliphatic rings. The maximum absolute atomic E-state index is 13.3. The third-order valence-corrected chi connectivity index (χ3v) is 2.65. The van der Waals surface area contributed by atoms with Crippen molar-refractivity contribution in [2.45, 2.75) is 13.5 Å². The van der Waals surface area contributed by atoms with Gasteiger partial charge >= 0.3 is 5.69 Å². The second-order valence-corrected chi connectivity index (χ2v) is 4.28. The Balaban J connectivity index is 2.39. The van der Waals surface area contributed by atoms with E-state index in [1.807, 2.05) is 0 Å². The molecule has 1 N–H and O–H groups in total. The average molecular weight is 277 g/mol. The van der Waals surface area contributed by atoms with E-state index in [9.17, 15) is 14.5 Å². The summed E-state index contributed by atoms with van der Waals surface area (Å²) in [6.07, 6.45) is 0. The first-order chi connectivity index (χ1) is 9.49. The summed E-state index contributed by atoms with van der Waals surface area (Å²) in [6.45, 7) is 1.38. The summed E-state index contributed by atoms with van der Waals surface area (Å²) in [5.74, 6) is -0.461. The Labute approximate surface area is 114 Å². The zero-order chi connectivity index (χ0) is 14.7. The van der Waals surface area contributed by atoms with Gasteiger partial charge in [0.25, 0.3) is 0 Å². The maximum atomic E-state index is 13.3. The molecule has 104 valence electrons. The van der Waals surface area contributed by atoms with Crippen molar-refractivity contribution in [3.05, 3.63) is 63.5 Å². The van der Waals surface area contributed by atoms with Crippen molar-refractivity contribution < 1.29 is 19.2 Å². The molecule has 2 aromatic rings. The van der Waals surface area contributed by atoms with Gasteiger partial charge in [-0.25, -0.2) is 4.39 Å². The molecule has 0 bridgehead atoms. The number of halogens is 1. The number of hydrogen-bond acceptors (Lipinski definition) is 4. The standard InChI is InChI=1S/C14H12FNO4/c1-9-2-3-14(13(4-9)16(18)19)20-12-6-10(8-17)5-11(15)7-12/h2-7,17H,8H2,1H3. The first kappa shape index (κ1) is 14.0. The number of rotatable bonds is 4. The van der Waals surface area contributed by atoms with Crippen LogP contribution in [0.25, 0.3) is 0 Å². The lowest BCUT2D eigenvalue weighted by atomic mass is 10.2. The van der Waals surface area contributed by atoms with Crippen LogP contribution in [0.5, 0.6) is 11.5 Å². The van der Waals surface area contributed by atoms with Crippen LogP contribution in [0.1, 0.15) is 11.1 Å². The van der Waals surface area contributed by atoms with Gasteiger partial charge in [-0.1, -0.05) is 6.07 Å². The molecule has 2 rings (SSSR count). The maximum Gasteiger partial charge on any atom is 0.311 e. The molecule has 0 aliphatic heterocycles. The summed E-state index contributed by atoms with van der Waals surface area (Å²) >= 11 is 0. The van der Waals surface area contributed by atoms with Gasteiger partial charge in [0, 0.05) is 12.1 Å². The molecule has 0 unspecified atom stereocenters. The summed E-state index contributed by atoms with van der Waals surface area (Å²) in [5, 5.41) is 20.0. The van der Waals surface area contributed by atoms with Crippen LogP contribution in [0.4, 0.5) is 10.1 Å². The molecule has 0 amide bonds. The van der Waals surface area contributed by atoms with E-state index in [2.05, 4.69) is 0 Å². The van der Waals surface area contributed by atoms with Crippen molar-refractivity contribution in [3.8, 4) is 11.5 Å². The Hall–Kier alpha value is -2.47. The van der Waals surface area contributed by atoms with E-state index >= 15 is 0 Å². The van der Waals surface area contributed by atoms with Crippen LogP contribution in [-0.2, 0) is 6.61 Å². The van der Waals surface area contributed by atoms with Gasteiger partial charge in [0.2, 0.25) is 5.75 Å². The summed E-state index contributed by atoms with van der Waals surface area (Å²) in [4.78, 5) is 10.4. The Morgan fingerprint density at radius 3 is 2.70 bits per heavy atom. The monoisotopic (exact) mass is 277 g/mol. The van der Waals surface area contributed by atoms with Crippen LogP contribution in [0, 0.1) is 22.9 Å². The summed E-state index contributed by atoms with van der Waals surface area (Å²) in [6, 6.07) is 8.18. The lowest BCUT2D eigenvalue weighted by Crippen LogP contribution is -1.95. The molecule has 0 saturated heterocycles. The van der Waals surface area contributed by atoms with Gasteiger partial charge < -0.3 is 9.84 Å². The smallest absolute Gasteiger partial charge is 0.311 e. The number of nitrogens with zero attached hydrogens (tertiary/aromatic N) is 1. The normalized spacial score (nSPS) is 10.3. The lowest BCUT2D eigenvalue weighted by Gasteiger charge is -2.08. The van der Waals surface area contributed by atoms with Crippen molar-refractivity contribution in [1.29, 1.82) is 0 Å². The predicted octanol–water partition coefficient (Wildman–Crippen LogP) is 3.33. The fraction of sp³-hybridized carbons (Fsp3) is 0.143. The molecule has 5 nitrogen and oxygen atoms in total. The Morgan fingerprint density at radius 2 is 2.05 bits per heavy atom. The van der Waals surface area contributed by atoms with Crippen LogP contribution in [0.2, 0.25) is 0 Å². The highest BCUT2D eigenvalue weighted by molar-refractivity contribution is 5.50. The zero-order valence-corrected chi connectivity index (χ0v) is 10.7. The van der Waals surface area contributed by atoms with Crippen LogP contribution < -0.4 is 4.74 Å². The van der Waals surface area contributed by atoms with E-state index in [-0.39, 0.29) is 23.8 Å².